The average molecular weight is 352 g/mol. The number of hydrogen-bond donors (Lipinski definition) is 1. The number of benzene rings is 1. The van der Waals surface area contributed by atoms with E-state index in [1.807, 2.05) is 0 Å². The molecule has 1 aliphatic carbocycles. The molecule has 1 N–H and O–H groups in total. The van der Waals surface area contributed by atoms with Gasteiger partial charge in [0.1, 0.15) is 10.1 Å². The zero-order valence-corrected chi connectivity index (χ0v) is 11.9. The smallest absolute Gasteiger partial charge is 0.469 e. The van der Waals surface area contributed by atoms with Crippen LogP contribution in [0.3, 0.4) is 0 Å². The van der Waals surface area contributed by atoms with Crippen molar-refractivity contribution in [1.82, 2.24) is 0 Å². The largest absolute Gasteiger partial charge is 0.573 e. The van der Waals surface area contributed by atoms with Crippen LogP contribution in [0.15, 0.2) is 24.3 Å². The first-order chi connectivity index (χ1) is 9.01. The van der Waals surface area contributed by atoms with E-state index in [0.29, 0.717) is 6.42 Å². The number of carbonyl (C=O) groups is 1. The van der Waals surface area contributed by atoms with Crippen LogP contribution in [-0.4, -0.2) is 21.2 Å². The topological polar surface area (TPSA) is 46.5 Å². The summed E-state index contributed by atoms with van der Waals surface area (Å²) < 4.78 is 38.6. The maximum absolute atomic E-state index is 11.9. The van der Waals surface area contributed by atoms with Gasteiger partial charge in [0, 0.05) is 17.5 Å². The third-order valence-corrected chi connectivity index (χ3v) is 3.18. The van der Waals surface area contributed by atoms with Crippen LogP contribution >= 0.6 is 34.8 Å². The monoisotopic (exact) mass is 350 g/mol. The van der Waals surface area contributed by atoms with Gasteiger partial charge in [0.25, 0.3) is 0 Å². The van der Waals surface area contributed by atoms with Crippen LogP contribution < -0.4 is 4.74 Å². The summed E-state index contributed by atoms with van der Waals surface area (Å²) in [6.07, 6.45) is -4.04. The molecule has 1 fully saturated rings. The molecular formula is C11H8Cl3F3O3. The summed E-state index contributed by atoms with van der Waals surface area (Å²) in [5.41, 5.74) is -0.542. The van der Waals surface area contributed by atoms with Crippen molar-refractivity contribution in [2.24, 2.45) is 0 Å². The highest BCUT2D eigenvalue weighted by Gasteiger charge is 2.52. The Labute approximate surface area is 127 Å². The second kappa shape index (κ2) is 6.28. The van der Waals surface area contributed by atoms with Crippen molar-refractivity contribution >= 4 is 40.2 Å². The van der Waals surface area contributed by atoms with Crippen LogP contribution in [0.1, 0.15) is 17.9 Å². The molecule has 1 saturated carbocycles. The van der Waals surface area contributed by atoms with E-state index in [1.54, 1.807) is 0 Å². The van der Waals surface area contributed by atoms with Crippen molar-refractivity contribution in [2.75, 3.05) is 0 Å². The van der Waals surface area contributed by atoms with Crippen molar-refractivity contribution in [1.29, 1.82) is 0 Å². The van der Waals surface area contributed by atoms with Crippen LogP contribution in [0, 0.1) is 0 Å². The van der Waals surface area contributed by atoms with Crippen LogP contribution in [0.5, 0.6) is 5.75 Å². The van der Waals surface area contributed by atoms with Gasteiger partial charge in [-0.15, -0.1) is 36.4 Å². The average Bonchev–Trinajstić information content (AvgIpc) is 2.85. The fourth-order valence-electron chi connectivity index (χ4n) is 1.48. The molecule has 1 unspecified atom stereocenters. The standard InChI is InChI=1S/C10H7Cl2F3O.CHClO2/c11-9(12)5-8(9)6-1-3-7(4-2-6)16-10(13,14)15;2-1(3)4/h1-4,8H,5H2;(H,3,4). The SMILES string of the molecule is FC(F)(F)Oc1ccc(C2CC2(Cl)Cl)cc1.O=C(O)Cl. The summed E-state index contributed by atoms with van der Waals surface area (Å²) >= 11 is 15.9. The lowest BCUT2D eigenvalue weighted by Gasteiger charge is -2.09. The van der Waals surface area contributed by atoms with Gasteiger partial charge in [0.05, 0.1) is 0 Å². The Kier molecular flexibility index (Phi) is 5.40. The fourth-order valence-corrected chi connectivity index (χ4v) is 2.04. The summed E-state index contributed by atoms with van der Waals surface area (Å²) in [6.45, 7) is 0. The van der Waals surface area contributed by atoms with Gasteiger partial charge < -0.3 is 9.84 Å². The molecule has 1 atom stereocenters. The molecule has 1 aromatic rings. The molecule has 1 aliphatic rings. The molecule has 20 heavy (non-hydrogen) atoms. The maximum atomic E-state index is 11.9. The summed E-state index contributed by atoms with van der Waals surface area (Å²) in [4.78, 5) is 8.77. The van der Waals surface area contributed by atoms with Crippen LogP contribution in [0.2, 0.25) is 0 Å². The van der Waals surface area contributed by atoms with Gasteiger partial charge >= 0.3 is 11.8 Å². The molecule has 0 saturated heterocycles. The maximum Gasteiger partial charge on any atom is 0.573 e. The Hall–Kier alpha value is -0.850. The summed E-state index contributed by atoms with van der Waals surface area (Å²) in [6, 6.07) is 5.59. The second-order valence-corrected chi connectivity index (χ2v) is 5.75. The first-order valence-corrected chi connectivity index (χ1v) is 6.26. The molecule has 1 aromatic carbocycles. The predicted octanol–water partition coefficient (Wildman–Crippen LogP) is 5.15. The lowest BCUT2D eigenvalue weighted by molar-refractivity contribution is -0.274. The van der Waals surface area contributed by atoms with Gasteiger partial charge in [-0.05, 0) is 24.1 Å². The molecular weight excluding hydrogens is 343 g/mol. The van der Waals surface area contributed by atoms with Gasteiger partial charge in [-0.1, -0.05) is 12.1 Å². The molecule has 112 valence electrons. The fraction of sp³-hybridized carbons (Fsp3) is 0.364. The van der Waals surface area contributed by atoms with Crippen molar-refractivity contribution in [3.05, 3.63) is 29.8 Å². The highest BCUT2D eigenvalue weighted by Crippen LogP contribution is 2.59. The Morgan fingerprint density at radius 1 is 1.30 bits per heavy atom. The Balaban J connectivity index is 0.000000444. The number of alkyl halides is 5. The lowest BCUT2D eigenvalue weighted by atomic mass is 10.1. The number of halogens is 6. The van der Waals surface area contributed by atoms with E-state index < -0.39 is 16.1 Å². The number of ether oxygens (including phenoxy) is 1. The summed E-state index contributed by atoms with van der Waals surface area (Å²) in [7, 11) is 0. The van der Waals surface area contributed by atoms with Gasteiger partial charge in [-0.3, -0.25) is 0 Å². The Morgan fingerprint density at radius 3 is 2.00 bits per heavy atom. The molecule has 0 aliphatic heterocycles. The Bertz CT molecular complexity index is 470. The van der Waals surface area contributed by atoms with E-state index >= 15 is 0 Å². The van der Waals surface area contributed by atoms with E-state index in [-0.39, 0.29) is 11.7 Å². The molecule has 0 radical (unpaired) electrons. The summed E-state index contributed by atoms with van der Waals surface area (Å²) in [5.74, 6) is -0.248. The van der Waals surface area contributed by atoms with E-state index in [9.17, 15) is 13.2 Å². The first kappa shape index (κ1) is 17.2. The minimum absolute atomic E-state index is 0.00392. The molecule has 0 heterocycles. The zero-order chi connectivity index (χ0) is 15.6. The van der Waals surface area contributed by atoms with E-state index in [2.05, 4.69) is 16.3 Å². The summed E-state index contributed by atoms with van der Waals surface area (Å²) in [5, 5.41) is 7.18. The van der Waals surface area contributed by atoms with Crippen molar-refractivity contribution < 1.29 is 27.8 Å². The van der Waals surface area contributed by atoms with E-state index in [4.69, 9.17) is 33.1 Å². The number of hydrogen-bond acceptors (Lipinski definition) is 2. The molecule has 9 heteroatoms. The third-order valence-electron chi connectivity index (χ3n) is 2.34. The quantitative estimate of drug-likeness (QED) is 0.592. The molecule has 2 rings (SSSR count). The van der Waals surface area contributed by atoms with Crippen LogP contribution in [-0.2, 0) is 0 Å². The minimum atomic E-state index is -4.66. The van der Waals surface area contributed by atoms with Crippen LogP contribution in [0.25, 0.3) is 0 Å². The number of rotatable bonds is 2. The second-order valence-electron chi connectivity index (χ2n) is 3.89. The number of carboxylic acid groups (broad SMARTS) is 1. The first-order valence-electron chi connectivity index (χ1n) is 5.13. The molecule has 3 nitrogen and oxygen atoms in total. The normalized spacial score (nSPS) is 19.6. The highest BCUT2D eigenvalue weighted by molar-refractivity contribution is 6.60. The van der Waals surface area contributed by atoms with Gasteiger partial charge in [-0.25, -0.2) is 4.79 Å². The molecule has 0 amide bonds. The van der Waals surface area contributed by atoms with Gasteiger partial charge in [-0.2, -0.15) is 0 Å². The van der Waals surface area contributed by atoms with Crippen molar-refractivity contribution in [3.8, 4) is 5.75 Å². The molecule has 0 spiro atoms. The highest BCUT2D eigenvalue weighted by atomic mass is 35.5. The van der Waals surface area contributed by atoms with Gasteiger partial charge in [0.2, 0.25) is 0 Å². The molecule has 0 bridgehead atoms. The lowest BCUT2D eigenvalue weighted by Crippen LogP contribution is -2.17. The minimum Gasteiger partial charge on any atom is -0.469 e. The van der Waals surface area contributed by atoms with E-state index in [0.717, 1.165) is 5.56 Å². The van der Waals surface area contributed by atoms with Crippen LogP contribution in [0.4, 0.5) is 18.0 Å². The van der Waals surface area contributed by atoms with Gasteiger partial charge in [0.15, 0.2) is 0 Å². The predicted molar refractivity (Wildman–Crippen MR) is 68.8 cm³/mol. The zero-order valence-electron chi connectivity index (χ0n) is 9.63. The third kappa shape index (κ3) is 6.07. The van der Waals surface area contributed by atoms with E-state index in [1.165, 1.54) is 24.3 Å². The molecule has 0 aromatic heterocycles. The van der Waals surface area contributed by atoms with Crippen molar-refractivity contribution in [3.63, 3.8) is 0 Å². The van der Waals surface area contributed by atoms with Crippen molar-refractivity contribution in [2.45, 2.75) is 23.0 Å². The Morgan fingerprint density at radius 2 is 1.70 bits per heavy atom.